The van der Waals surface area contributed by atoms with Crippen molar-refractivity contribution in [3.8, 4) is 0 Å². The van der Waals surface area contributed by atoms with Crippen molar-refractivity contribution < 1.29 is 14.1 Å². The number of carbonyl (C=O) groups is 2. The van der Waals surface area contributed by atoms with Crippen LogP contribution in [0.1, 0.15) is 36.4 Å². The molecule has 1 fully saturated rings. The third-order valence-corrected chi connectivity index (χ3v) is 4.54. The summed E-state index contributed by atoms with van der Waals surface area (Å²) in [4.78, 5) is 23.7. The highest BCUT2D eigenvalue weighted by molar-refractivity contribution is 6.11. The lowest BCUT2D eigenvalue weighted by Crippen LogP contribution is -2.23. The van der Waals surface area contributed by atoms with E-state index in [0.29, 0.717) is 24.1 Å². The summed E-state index contributed by atoms with van der Waals surface area (Å²) in [7, 11) is 0. The topological polar surface area (TPSA) is 60.2 Å². The molecule has 4 rings (SSSR count). The molecule has 0 saturated heterocycles. The van der Waals surface area contributed by atoms with Gasteiger partial charge in [-0.2, -0.15) is 0 Å². The Morgan fingerprint density at radius 3 is 2.87 bits per heavy atom. The van der Waals surface area contributed by atoms with E-state index in [1.165, 1.54) is 0 Å². The molecule has 0 bridgehead atoms. The molecule has 3 aromatic rings. The standard InChI is InChI=1S/C19H15NO3/c1-2-11-3-6-14-12(9-11)4-8-17-18(14)19(20-23-17)15-7-5-13(21)10-16(15)22/h2-4,6,8-9,15H,1,5,7,10H2/t15-/m0/s1. The second-order valence-corrected chi connectivity index (χ2v) is 5.96. The van der Waals surface area contributed by atoms with Gasteiger partial charge in [0.15, 0.2) is 5.58 Å². The molecule has 4 nitrogen and oxygen atoms in total. The number of carbonyl (C=O) groups excluding carboxylic acids is 2. The molecule has 0 amide bonds. The van der Waals surface area contributed by atoms with Gasteiger partial charge in [-0.1, -0.05) is 36.0 Å². The van der Waals surface area contributed by atoms with Crippen LogP contribution in [0.15, 0.2) is 41.4 Å². The summed E-state index contributed by atoms with van der Waals surface area (Å²) < 4.78 is 5.43. The summed E-state index contributed by atoms with van der Waals surface area (Å²) >= 11 is 0. The lowest BCUT2D eigenvalue weighted by atomic mass is 9.83. The highest BCUT2D eigenvalue weighted by Crippen LogP contribution is 2.36. The minimum Gasteiger partial charge on any atom is -0.356 e. The second-order valence-electron chi connectivity index (χ2n) is 5.96. The third kappa shape index (κ3) is 2.18. The molecule has 0 unspecified atom stereocenters. The largest absolute Gasteiger partial charge is 0.356 e. The van der Waals surface area contributed by atoms with Crippen molar-refractivity contribution >= 4 is 39.4 Å². The van der Waals surface area contributed by atoms with E-state index in [4.69, 9.17) is 4.52 Å². The van der Waals surface area contributed by atoms with Crippen LogP contribution in [-0.4, -0.2) is 16.7 Å². The Morgan fingerprint density at radius 1 is 1.22 bits per heavy atom. The number of nitrogens with zero attached hydrogens (tertiary/aromatic N) is 1. The summed E-state index contributed by atoms with van der Waals surface area (Å²) in [6.45, 7) is 3.79. The van der Waals surface area contributed by atoms with Crippen molar-refractivity contribution in [3.05, 3.63) is 48.2 Å². The Kier molecular flexibility index (Phi) is 3.11. The molecule has 0 spiro atoms. The number of benzene rings is 2. The molecule has 0 N–H and O–H groups in total. The van der Waals surface area contributed by atoms with E-state index in [1.807, 2.05) is 30.3 Å². The molecule has 1 atom stereocenters. The fourth-order valence-corrected chi connectivity index (χ4v) is 3.34. The van der Waals surface area contributed by atoms with Crippen LogP contribution in [0.2, 0.25) is 0 Å². The van der Waals surface area contributed by atoms with Gasteiger partial charge in [-0.05, 0) is 34.9 Å². The van der Waals surface area contributed by atoms with E-state index in [2.05, 4.69) is 11.7 Å². The molecule has 114 valence electrons. The Bertz CT molecular complexity index is 967. The van der Waals surface area contributed by atoms with E-state index in [0.717, 1.165) is 21.7 Å². The van der Waals surface area contributed by atoms with Crippen LogP contribution in [0.4, 0.5) is 0 Å². The van der Waals surface area contributed by atoms with Crippen molar-refractivity contribution in [3.63, 3.8) is 0 Å². The molecule has 1 aromatic heterocycles. The van der Waals surface area contributed by atoms with Crippen LogP contribution in [0.25, 0.3) is 27.8 Å². The Balaban J connectivity index is 1.94. The first kappa shape index (κ1) is 13.9. The highest BCUT2D eigenvalue weighted by atomic mass is 16.5. The maximum absolute atomic E-state index is 12.3. The van der Waals surface area contributed by atoms with Crippen LogP contribution in [0, 0.1) is 0 Å². The molecule has 0 radical (unpaired) electrons. The zero-order chi connectivity index (χ0) is 16.0. The van der Waals surface area contributed by atoms with Gasteiger partial charge in [0.1, 0.15) is 17.3 Å². The van der Waals surface area contributed by atoms with Crippen LogP contribution in [0.5, 0.6) is 0 Å². The van der Waals surface area contributed by atoms with Gasteiger partial charge in [0, 0.05) is 6.42 Å². The lowest BCUT2D eigenvalue weighted by Gasteiger charge is -2.17. The summed E-state index contributed by atoms with van der Waals surface area (Å²) in [6.07, 6.45) is 2.75. The predicted molar refractivity (Wildman–Crippen MR) is 88.2 cm³/mol. The smallest absolute Gasteiger partial charge is 0.167 e. The number of ketones is 2. The van der Waals surface area contributed by atoms with Crippen molar-refractivity contribution in [1.82, 2.24) is 5.16 Å². The average molecular weight is 305 g/mol. The molecular weight excluding hydrogens is 290 g/mol. The molecule has 1 saturated carbocycles. The van der Waals surface area contributed by atoms with Crippen molar-refractivity contribution in [1.29, 1.82) is 0 Å². The third-order valence-electron chi connectivity index (χ3n) is 4.54. The van der Waals surface area contributed by atoms with E-state index in [1.54, 1.807) is 6.08 Å². The van der Waals surface area contributed by atoms with Crippen LogP contribution >= 0.6 is 0 Å². The summed E-state index contributed by atoms with van der Waals surface area (Å²) in [5.41, 5.74) is 2.37. The van der Waals surface area contributed by atoms with Gasteiger partial charge in [-0.3, -0.25) is 9.59 Å². The molecule has 0 aliphatic heterocycles. The van der Waals surface area contributed by atoms with Crippen molar-refractivity contribution in [2.75, 3.05) is 0 Å². The van der Waals surface area contributed by atoms with Gasteiger partial charge in [-0.15, -0.1) is 0 Å². The number of hydrogen-bond acceptors (Lipinski definition) is 4. The Morgan fingerprint density at radius 2 is 2.09 bits per heavy atom. The van der Waals surface area contributed by atoms with Crippen LogP contribution in [-0.2, 0) is 9.59 Å². The summed E-state index contributed by atoms with van der Waals surface area (Å²) in [6, 6.07) is 9.89. The predicted octanol–water partition coefficient (Wildman–Crippen LogP) is 4.03. The first-order valence-electron chi connectivity index (χ1n) is 7.66. The molecule has 2 aromatic carbocycles. The van der Waals surface area contributed by atoms with Gasteiger partial charge in [0.2, 0.25) is 0 Å². The molecular formula is C19H15NO3. The van der Waals surface area contributed by atoms with Gasteiger partial charge in [0.05, 0.1) is 17.7 Å². The minimum atomic E-state index is -0.348. The zero-order valence-corrected chi connectivity index (χ0v) is 12.5. The number of fused-ring (bicyclic) bond motifs is 3. The molecule has 1 aliphatic rings. The molecule has 1 heterocycles. The van der Waals surface area contributed by atoms with E-state index < -0.39 is 0 Å². The van der Waals surface area contributed by atoms with Gasteiger partial charge >= 0.3 is 0 Å². The molecule has 23 heavy (non-hydrogen) atoms. The summed E-state index contributed by atoms with van der Waals surface area (Å²) in [5, 5.41) is 7.10. The Hall–Kier alpha value is -2.75. The van der Waals surface area contributed by atoms with Crippen molar-refractivity contribution in [2.45, 2.75) is 25.2 Å². The maximum atomic E-state index is 12.3. The first-order valence-corrected chi connectivity index (χ1v) is 7.66. The SMILES string of the molecule is C=Cc1ccc2c(ccc3onc([C@H]4CCC(=O)CC4=O)c32)c1. The number of aromatic nitrogens is 1. The maximum Gasteiger partial charge on any atom is 0.167 e. The van der Waals surface area contributed by atoms with Crippen molar-refractivity contribution in [2.24, 2.45) is 0 Å². The van der Waals surface area contributed by atoms with E-state index in [-0.39, 0.29) is 23.9 Å². The minimum absolute atomic E-state index is 0.00436. The van der Waals surface area contributed by atoms with Gasteiger partial charge in [0.25, 0.3) is 0 Å². The first-order chi connectivity index (χ1) is 11.2. The zero-order valence-electron chi connectivity index (χ0n) is 12.5. The fraction of sp³-hybridized carbons (Fsp3) is 0.211. The van der Waals surface area contributed by atoms with Gasteiger partial charge < -0.3 is 4.52 Å². The Labute approximate surface area is 132 Å². The lowest BCUT2D eigenvalue weighted by molar-refractivity contribution is -0.130. The highest BCUT2D eigenvalue weighted by Gasteiger charge is 2.32. The number of Topliss-reactive ketones (excluding diaryl/α,β-unsaturated/α-hetero) is 2. The molecule has 1 aliphatic carbocycles. The normalized spacial score (nSPS) is 18.7. The van der Waals surface area contributed by atoms with Crippen LogP contribution < -0.4 is 0 Å². The second kappa shape index (κ2) is 5.16. The monoisotopic (exact) mass is 305 g/mol. The fourth-order valence-electron chi connectivity index (χ4n) is 3.34. The quantitative estimate of drug-likeness (QED) is 0.671. The number of hydrogen-bond donors (Lipinski definition) is 0. The van der Waals surface area contributed by atoms with Gasteiger partial charge in [-0.25, -0.2) is 0 Å². The average Bonchev–Trinajstić information content (AvgIpc) is 2.98. The van der Waals surface area contributed by atoms with E-state index in [9.17, 15) is 9.59 Å². The van der Waals surface area contributed by atoms with E-state index >= 15 is 0 Å². The number of rotatable bonds is 2. The summed E-state index contributed by atoms with van der Waals surface area (Å²) in [5.74, 6) is -0.394. The molecule has 4 heteroatoms. The van der Waals surface area contributed by atoms with Crippen LogP contribution in [0.3, 0.4) is 0 Å².